The van der Waals surface area contributed by atoms with Gasteiger partial charge in [-0.2, -0.15) is 5.10 Å². The first-order valence-corrected chi connectivity index (χ1v) is 6.46. The Balaban J connectivity index is 2.03. The molecule has 1 heterocycles. The highest BCUT2D eigenvalue weighted by Crippen LogP contribution is 2.24. The number of rotatable bonds is 3. The number of hydrogen-bond donors (Lipinski definition) is 0. The Hall–Kier alpha value is -0.760. The lowest BCUT2D eigenvalue weighted by Gasteiger charge is -2.15. The third-order valence-corrected chi connectivity index (χ3v) is 3.34. The monoisotopic (exact) mass is 238 g/mol. The molecule has 1 unspecified atom stereocenters. The van der Waals surface area contributed by atoms with Crippen LogP contribution in [0, 0.1) is 0 Å². The van der Waals surface area contributed by atoms with Crippen molar-refractivity contribution in [2.24, 2.45) is 0 Å². The van der Waals surface area contributed by atoms with Gasteiger partial charge >= 0.3 is 0 Å². The van der Waals surface area contributed by atoms with Crippen molar-refractivity contribution in [3.05, 3.63) is 29.6 Å². The third-order valence-electron chi connectivity index (χ3n) is 3.00. The average Bonchev–Trinajstić information content (AvgIpc) is 2.66. The summed E-state index contributed by atoms with van der Waals surface area (Å²) < 4.78 is 2.01. The summed E-state index contributed by atoms with van der Waals surface area (Å²) in [6, 6.07) is 2.55. The van der Waals surface area contributed by atoms with E-state index in [1.54, 1.807) is 0 Å². The highest BCUT2D eigenvalue weighted by molar-refractivity contribution is 6.21. The second kappa shape index (κ2) is 5.05. The van der Waals surface area contributed by atoms with Gasteiger partial charge in [-0.15, -0.1) is 11.6 Å². The molecule has 0 aromatic carbocycles. The van der Waals surface area contributed by atoms with Crippen LogP contribution in [0.3, 0.4) is 0 Å². The van der Waals surface area contributed by atoms with E-state index in [1.807, 2.05) is 4.68 Å². The van der Waals surface area contributed by atoms with Crippen LogP contribution in [0.2, 0.25) is 0 Å². The molecule has 1 aromatic rings. The molecule has 0 N–H and O–H groups in total. The molecule has 1 atom stereocenters. The van der Waals surface area contributed by atoms with Gasteiger partial charge in [0.2, 0.25) is 0 Å². The Kier molecular flexibility index (Phi) is 3.70. The lowest BCUT2D eigenvalue weighted by Crippen LogP contribution is -2.06. The zero-order valence-electron chi connectivity index (χ0n) is 9.99. The lowest BCUT2D eigenvalue weighted by atomic mass is 9.96. The van der Waals surface area contributed by atoms with Crippen molar-refractivity contribution in [2.45, 2.75) is 50.9 Å². The van der Waals surface area contributed by atoms with Crippen molar-refractivity contribution in [1.82, 2.24) is 9.78 Å². The molecular formula is C13H19ClN2. The van der Waals surface area contributed by atoms with Crippen molar-refractivity contribution in [2.75, 3.05) is 0 Å². The summed E-state index contributed by atoms with van der Waals surface area (Å²) >= 11 is 6.13. The second-order valence-corrected chi connectivity index (χ2v) is 5.35. The zero-order valence-corrected chi connectivity index (χ0v) is 10.7. The van der Waals surface area contributed by atoms with Gasteiger partial charge < -0.3 is 0 Å². The number of alkyl halides is 1. The topological polar surface area (TPSA) is 17.8 Å². The minimum absolute atomic E-state index is 0.232. The maximum Gasteiger partial charge on any atom is 0.0665 e. The minimum Gasteiger partial charge on any atom is -0.270 e. The Morgan fingerprint density at radius 1 is 1.56 bits per heavy atom. The fraction of sp³-hybridized carbons (Fsp3) is 0.615. The van der Waals surface area contributed by atoms with Crippen LogP contribution in [-0.4, -0.2) is 15.2 Å². The van der Waals surface area contributed by atoms with Gasteiger partial charge in [-0.3, -0.25) is 4.68 Å². The number of halogens is 1. The van der Waals surface area contributed by atoms with E-state index in [0.717, 1.165) is 18.5 Å². The summed E-state index contributed by atoms with van der Waals surface area (Å²) in [6.45, 7) is 4.29. The van der Waals surface area contributed by atoms with Gasteiger partial charge in [0, 0.05) is 18.7 Å². The van der Waals surface area contributed by atoms with E-state index in [1.165, 1.54) is 18.4 Å². The molecule has 16 heavy (non-hydrogen) atoms. The lowest BCUT2D eigenvalue weighted by molar-refractivity contribution is 0.526. The van der Waals surface area contributed by atoms with E-state index in [2.05, 4.69) is 37.3 Å². The van der Waals surface area contributed by atoms with E-state index in [4.69, 9.17) is 11.6 Å². The highest BCUT2D eigenvalue weighted by atomic mass is 35.5. The summed E-state index contributed by atoms with van der Waals surface area (Å²) in [4.78, 5) is 0. The number of hydrogen-bond acceptors (Lipinski definition) is 1. The summed E-state index contributed by atoms with van der Waals surface area (Å²) in [5.41, 5.74) is 2.60. The van der Waals surface area contributed by atoms with Crippen LogP contribution in [0.5, 0.6) is 0 Å². The molecule has 0 saturated carbocycles. The summed E-state index contributed by atoms with van der Waals surface area (Å²) in [6.07, 6.45) is 8.73. The Morgan fingerprint density at radius 3 is 3.00 bits per heavy atom. The van der Waals surface area contributed by atoms with Crippen LogP contribution in [0.1, 0.15) is 44.8 Å². The molecule has 0 bridgehead atoms. The third kappa shape index (κ3) is 2.88. The van der Waals surface area contributed by atoms with Crippen molar-refractivity contribution in [3.8, 4) is 0 Å². The molecule has 1 aliphatic rings. The Morgan fingerprint density at radius 2 is 2.38 bits per heavy atom. The van der Waals surface area contributed by atoms with Crippen LogP contribution in [-0.2, 0) is 6.42 Å². The fourth-order valence-electron chi connectivity index (χ4n) is 2.09. The molecule has 0 radical (unpaired) electrons. The standard InChI is InChI=1S/C13H19ClN2/c1-10(2)16-7-6-13(15-16)9-11-4-3-5-12(14)8-11/h6-8,10,12H,3-5,9H2,1-2H3. The quantitative estimate of drug-likeness (QED) is 0.580. The Labute approximate surface area is 102 Å². The minimum atomic E-state index is 0.232. The molecular weight excluding hydrogens is 220 g/mol. The van der Waals surface area contributed by atoms with Gasteiger partial charge in [-0.25, -0.2) is 0 Å². The first-order chi connectivity index (χ1) is 7.65. The highest BCUT2D eigenvalue weighted by Gasteiger charge is 2.12. The van der Waals surface area contributed by atoms with E-state index in [0.29, 0.717) is 6.04 Å². The number of allylic oxidation sites excluding steroid dienone is 2. The van der Waals surface area contributed by atoms with Gasteiger partial charge in [-0.05, 0) is 39.2 Å². The van der Waals surface area contributed by atoms with Crippen LogP contribution in [0.4, 0.5) is 0 Å². The molecule has 0 spiro atoms. The molecule has 0 aliphatic heterocycles. The smallest absolute Gasteiger partial charge is 0.0665 e. The van der Waals surface area contributed by atoms with Gasteiger partial charge in [-0.1, -0.05) is 11.6 Å². The van der Waals surface area contributed by atoms with Crippen molar-refractivity contribution in [3.63, 3.8) is 0 Å². The van der Waals surface area contributed by atoms with Crippen molar-refractivity contribution >= 4 is 11.6 Å². The molecule has 2 rings (SSSR count). The molecule has 1 aromatic heterocycles. The van der Waals surface area contributed by atoms with E-state index in [-0.39, 0.29) is 5.38 Å². The summed E-state index contributed by atoms with van der Waals surface area (Å²) in [7, 11) is 0. The normalized spacial score (nSPS) is 21.2. The Bertz CT molecular complexity index is 379. The van der Waals surface area contributed by atoms with Gasteiger partial charge in [0.1, 0.15) is 0 Å². The van der Waals surface area contributed by atoms with E-state index < -0.39 is 0 Å². The van der Waals surface area contributed by atoms with Crippen LogP contribution in [0.25, 0.3) is 0 Å². The summed E-state index contributed by atoms with van der Waals surface area (Å²) in [5.74, 6) is 0. The maximum atomic E-state index is 6.13. The summed E-state index contributed by atoms with van der Waals surface area (Å²) in [5, 5.41) is 4.79. The van der Waals surface area contributed by atoms with Crippen LogP contribution >= 0.6 is 11.6 Å². The number of nitrogens with zero attached hydrogens (tertiary/aromatic N) is 2. The SMILES string of the molecule is CC(C)n1ccc(CC2=CC(Cl)CCC2)n1. The average molecular weight is 239 g/mol. The van der Waals surface area contributed by atoms with Crippen LogP contribution in [0.15, 0.2) is 23.9 Å². The van der Waals surface area contributed by atoms with Gasteiger partial charge in [0.15, 0.2) is 0 Å². The predicted molar refractivity (Wildman–Crippen MR) is 67.9 cm³/mol. The molecule has 3 heteroatoms. The molecule has 0 fully saturated rings. The van der Waals surface area contributed by atoms with E-state index in [9.17, 15) is 0 Å². The molecule has 1 aliphatic carbocycles. The van der Waals surface area contributed by atoms with Crippen molar-refractivity contribution < 1.29 is 0 Å². The second-order valence-electron chi connectivity index (χ2n) is 4.79. The van der Waals surface area contributed by atoms with Gasteiger partial charge in [0.25, 0.3) is 0 Å². The van der Waals surface area contributed by atoms with Crippen LogP contribution < -0.4 is 0 Å². The van der Waals surface area contributed by atoms with E-state index >= 15 is 0 Å². The zero-order chi connectivity index (χ0) is 11.5. The predicted octanol–water partition coefficient (Wildman–Crippen LogP) is 3.72. The first kappa shape index (κ1) is 11.7. The largest absolute Gasteiger partial charge is 0.270 e. The molecule has 2 nitrogen and oxygen atoms in total. The van der Waals surface area contributed by atoms with Gasteiger partial charge in [0.05, 0.1) is 11.1 Å². The fourth-order valence-corrected chi connectivity index (χ4v) is 2.42. The maximum absolute atomic E-state index is 6.13. The van der Waals surface area contributed by atoms with Crippen molar-refractivity contribution in [1.29, 1.82) is 0 Å². The molecule has 0 amide bonds. The molecule has 88 valence electrons. The first-order valence-electron chi connectivity index (χ1n) is 6.03. The number of aromatic nitrogens is 2. The molecule has 0 saturated heterocycles.